The van der Waals surface area contributed by atoms with Gasteiger partial charge in [0.2, 0.25) is 0 Å². The third-order valence-corrected chi connectivity index (χ3v) is 9.66. The number of aromatic nitrogens is 3. The van der Waals surface area contributed by atoms with Crippen molar-refractivity contribution in [3.05, 3.63) is 182 Å². The largest absolute Gasteiger partial charge is 0.456 e. The van der Waals surface area contributed by atoms with Gasteiger partial charge in [0.1, 0.15) is 11.2 Å². The molecule has 0 aliphatic heterocycles. The highest BCUT2D eigenvalue weighted by Crippen LogP contribution is 2.45. The fraction of sp³-hybridized carbons (Fsp3) is 0. The second-order valence-electron chi connectivity index (χ2n) is 12.9. The van der Waals surface area contributed by atoms with Crippen LogP contribution in [0.2, 0.25) is 0 Å². The number of hydrogen-bond donors (Lipinski definition) is 0. The molecule has 0 aliphatic rings. The average molecular weight is 667 g/mol. The van der Waals surface area contributed by atoms with E-state index in [0.717, 1.165) is 71.8 Å². The van der Waals surface area contributed by atoms with Gasteiger partial charge in [-0.2, -0.15) is 0 Å². The summed E-state index contributed by atoms with van der Waals surface area (Å²) in [4.78, 5) is 17.4. The lowest BCUT2D eigenvalue weighted by Crippen LogP contribution is -2.10. The van der Waals surface area contributed by atoms with Gasteiger partial charge in [0.25, 0.3) is 0 Å². The van der Waals surface area contributed by atoms with Crippen molar-refractivity contribution >= 4 is 60.5 Å². The molecular weight excluding hydrogens is 637 g/mol. The summed E-state index contributed by atoms with van der Waals surface area (Å²) < 4.78 is 6.66. The Morgan fingerprint density at radius 2 is 0.904 bits per heavy atom. The predicted molar refractivity (Wildman–Crippen MR) is 213 cm³/mol. The Hall–Kier alpha value is -7.11. The zero-order valence-corrected chi connectivity index (χ0v) is 28.0. The molecule has 5 nitrogen and oxygen atoms in total. The van der Waals surface area contributed by atoms with Crippen molar-refractivity contribution in [3.63, 3.8) is 0 Å². The molecule has 0 radical (unpaired) electrons. The van der Waals surface area contributed by atoms with Crippen LogP contribution in [0.25, 0.3) is 77.6 Å². The van der Waals surface area contributed by atoms with Gasteiger partial charge in [-0.1, -0.05) is 127 Å². The maximum atomic E-state index is 6.66. The first-order valence-electron chi connectivity index (χ1n) is 17.4. The van der Waals surface area contributed by atoms with Crippen LogP contribution in [0, 0.1) is 0 Å². The van der Waals surface area contributed by atoms with Crippen molar-refractivity contribution in [2.75, 3.05) is 4.90 Å². The van der Waals surface area contributed by atoms with Gasteiger partial charge in [0, 0.05) is 50.3 Å². The number of rotatable bonds is 6. The number of nitrogens with zero attached hydrogens (tertiary/aromatic N) is 4. The maximum Gasteiger partial charge on any atom is 0.164 e. The first-order valence-corrected chi connectivity index (χ1v) is 17.4. The highest BCUT2D eigenvalue weighted by molar-refractivity contribution is 6.22. The molecule has 0 bridgehead atoms. The van der Waals surface area contributed by atoms with E-state index in [9.17, 15) is 0 Å². The molecule has 5 heteroatoms. The van der Waals surface area contributed by atoms with Gasteiger partial charge in [-0.05, 0) is 64.7 Å². The first kappa shape index (κ1) is 29.8. The van der Waals surface area contributed by atoms with Crippen molar-refractivity contribution in [1.29, 1.82) is 0 Å². The van der Waals surface area contributed by atoms with Crippen molar-refractivity contribution in [3.8, 4) is 34.2 Å². The summed E-state index contributed by atoms with van der Waals surface area (Å²) in [6, 6.07) is 62.7. The number of benzene rings is 8. The number of fused-ring (bicyclic) bond motifs is 6. The van der Waals surface area contributed by atoms with Gasteiger partial charge in [-0.25, -0.2) is 15.0 Å². The summed E-state index contributed by atoms with van der Waals surface area (Å²) in [6.45, 7) is 0. The highest BCUT2D eigenvalue weighted by Gasteiger charge is 2.21. The topological polar surface area (TPSA) is 55.1 Å². The van der Waals surface area contributed by atoms with Gasteiger partial charge in [0.15, 0.2) is 17.5 Å². The van der Waals surface area contributed by atoms with Crippen LogP contribution in [-0.4, -0.2) is 15.0 Å². The molecule has 0 saturated carbocycles. The standard InChI is InChI=1S/C47H30N4O/c1-4-15-32(16-5-1)45-48-46(34-25-24-31-14-10-11-17-33(31)28-34)50-47(49-45)35-26-27-42-40(29-35)44-39-23-13-12-22-38(39)41(30-43(44)52-42)51(36-18-6-2-7-19-36)37-20-8-3-9-21-37/h1-30H. The van der Waals surface area contributed by atoms with Crippen LogP contribution in [0.15, 0.2) is 186 Å². The molecular formula is C47H30N4O. The van der Waals surface area contributed by atoms with Gasteiger partial charge < -0.3 is 9.32 Å². The Morgan fingerprint density at radius 1 is 0.365 bits per heavy atom. The normalized spacial score (nSPS) is 11.5. The second-order valence-corrected chi connectivity index (χ2v) is 12.9. The molecule has 0 N–H and O–H groups in total. The van der Waals surface area contributed by atoms with Crippen molar-refractivity contribution in [1.82, 2.24) is 15.0 Å². The van der Waals surface area contributed by atoms with Crippen molar-refractivity contribution < 1.29 is 4.42 Å². The first-order chi connectivity index (χ1) is 25.8. The summed E-state index contributed by atoms with van der Waals surface area (Å²) >= 11 is 0. The monoisotopic (exact) mass is 666 g/mol. The lowest BCUT2D eigenvalue weighted by Gasteiger charge is -2.26. The summed E-state index contributed by atoms with van der Waals surface area (Å²) in [5.41, 5.74) is 7.57. The average Bonchev–Trinajstić information content (AvgIpc) is 3.60. The van der Waals surface area contributed by atoms with Gasteiger partial charge in [-0.15, -0.1) is 0 Å². The van der Waals surface area contributed by atoms with E-state index in [1.807, 2.05) is 54.6 Å². The van der Waals surface area contributed by atoms with E-state index in [1.165, 1.54) is 5.39 Å². The summed E-state index contributed by atoms with van der Waals surface area (Å²) in [7, 11) is 0. The number of anilines is 3. The molecule has 244 valence electrons. The summed E-state index contributed by atoms with van der Waals surface area (Å²) in [5.74, 6) is 1.86. The molecule has 0 fully saturated rings. The van der Waals surface area contributed by atoms with Crippen LogP contribution < -0.4 is 4.90 Å². The minimum absolute atomic E-state index is 0.605. The number of para-hydroxylation sites is 2. The number of hydrogen-bond acceptors (Lipinski definition) is 5. The van der Waals surface area contributed by atoms with Crippen LogP contribution in [-0.2, 0) is 0 Å². The second kappa shape index (κ2) is 12.3. The minimum atomic E-state index is 0.605. The molecule has 10 rings (SSSR count). The van der Waals surface area contributed by atoms with E-state index in [2.05, 4.69) is 132 Å². The maximum absolute atomic E-state index is 6.66. The molecule has 2 heterocycles. The molecule has 52 heavy (non-hydrogen) atoms. The quantitative estimate of drug-likeness (QED) is 0.177. The van der Waals surface area contributed by atoms with Crippen LogP contribution in [0.1, 0.15) is 0 Å². The zero-order valence-electron chi connectivity index (χ0n) is 28.0. The highest BCUT2D eigenvalue weighted by atomic mass is 16.3. The predicted octanol–water partition coefficient (Wildman–Crippen LogP) is 12.5. The van der Waals surface area contributed by atoms with E-state index in [-0.39, 0.29) is 0 Å². The zero-order chi connectivity index (χ0) is 34.4. The molecule has 10 aromatic rings. The lowest BCUT2D eigenvalue weighted by molar-refractivity contribution is 0.669. The van der Waals surface area contributed by atoms with Crippen LogP contribution >= 0.6 is 0 Å². The van der Waals surface area contributed by atoms with Gasteiger partial charge in [-0.3, -0.25) is 0 Å². The third-order valence-electron chi connectivity index (χ3n) is 9.66. The molecule has 8 aromatic carbocycles. The van der Waals surface area contributed by atoms with E-state index < -0.39 is 0 Å². The smallest absolute Gasteiger partial charge is 0.164 e. The molecule has 0 unspecified atom stereocenters. The number of furan rings is 1. The molecule has 0 aliphatic carbocycles. The Morgan fingerprint density at radius 3 is 1.60 bits per heavy atom. The molecule has 2 aromatic heterocycles. The SMILES string of the molecule is c1ccc(-c2nc(-c3ccc4ccccc4c3)nc(-c3ccc4oc5cc(N(c6ccccc6)c6ccccc6)c6ccccc6c5c4c3)n2)cc1. The molecule has 0 spiro atoms. The lowest BCUT2D eigenvalue weighted by atomic mass is 10.00. The van der Waals surface area contributed by atoms with Gasteiger partial charge in [0.05, 0.1) is 5.69 Å². The van der Waals surface area contributed by atoms with E-state index >= 15 is 0 Å². The van der Waals surface area contributed by atoms with E-state index in [1.54, 1.807) is 0 Å². The fourth-order valence-electron chi connectivity index (χ4n) is 7.21. The Labute approximate surface area is 300 Å². The fourth-order valence-corrected chi connectivity index (χ4v) is 7.21. The Balaban J connectivity index is 1.18. The Kier molecular flexibility index (Phi) is 7.07. The van der Waals surface area contributed by atoms with Gasteiger partial charge >= 0.3 is 0 Å². The molecule has 0 saturated heterocycles. The minimum Gasteiger partial charge on any atom is -0.456 e. The van der Waals surface area contributed by atoms with E-state index in [4.69, 9.17) is 19.4 Å². The van der Waals surface area contributed by atoms with Crippen molar-refractivity contribution in [2.24, 2.45) is 0 Å². The van der Waals surface area contributed by atoms with Crippen LogP contribution in [0.4, 0.5) is 17.1 Å². The summed E-state index contributed by atoms with van der Waals surface area (Å²) in [5, 5.41) is 6.62. The molecule has 0 atom stereocenters. The van der Waals surface area contributed by atoms with Crippen LogP contribution in [0.5, 0.6) is 0 Å². The summed E-state index contributed by atoms with van der Waals surface area (Å²) in [6.07, 6.45) is 0. The van der Waals surface area contributed by atoms with E-state index in [0.29, 0.717) is 17.5 Å². The van der Waals surface area contributed by atoms with Crippen molar-refractivity contribution in [2.45, 2.75) is 0 Å². The third kappa shape index (κ3) is 5.15. The Bertz CT molecular complexity index is 2860. The molecule has 0 amide bonds. The van der Waals surface area contributed by atoms with Crippen LogP contribution in [0.3, 0.4) is 0 Å².